The maximum atomic E-state index is 11.5. The normalized spacial score (nSPS) is 14.6. The maximum Gasteiger partial charge on any atom is 0.308 e. The molecule has 0 aliphatic carbocycles. The summed E-state index contributed by atoms with van der Waals surface area (Å²) in [7, 11) is 0. The highest BCUT2D eigenvalue weighted by molar-refractivity contribution is 6.92. The van der Waals surface area contributed by atoms with Crippen LogP contribution in [0.5, 0.6) is 0 Å². The first-order chi connectivity index (χ1) is 2.94. The van der Waals surface area contributed by atoms with Gasteiger partial charge in [-0.05, 0) is 6.92 Å². The number of rotatable bonds is 1. The van der Waals surface area contributed by atoms with Crippen LogP contribution in [0, 0.1) is 0 Å². The van der Waals surface area contributed by atoms with E-state index in [0.29, 0.717) is 0 Å². The Bertz CT molecular complexity index is 60.0. The molecule has 0 bridgehead atoms. The molecule has 0 amide bonds. The molecule has 3 N–H and O–H groups in total. The zero-order valence-electron chi connectivity index (χ0n) is 4.50. The minimum atomic E-state index is -3.17. The summed E-state index contributed by atoms with van der Waals surface area (Å²) in [6.07, 6.45) is -2.03. The summed E-state index contributed by atoms with van der Waals surface area (Å²) >= 11 is 0. The summed E-state index contributed by atoms with van der Waals surface area (Å²) < 4.78 is 11.5. The molecule has 0 fully saturated rings. The Morgan fingerprint density at radius 2 is 1.50 bits per heavy atom. The van der Waals surface area contributed by atoms with Crippen molar-refractivity contribution in [3.63, 3.8) is 0 Å². The quantitative estimate of drug-likeness (QED) is 0.328. The zero-order chi connectivity index (χ0) is 6.08. The van der Waals surface area contributed by atoms with Crippen molar-refractivity contribution in [2.75, 3.05) is 0 Å². The van der Waals surface area contributed by atoms with Crippen molar-refractivity contribution in [3.05, 3.63) is 0 Å². The molecular weight excluding hydrogens is 134 g/mol. The summed E-state index contributed by atoms with van der Waals surface area (Å²) in [6, 6.07) is 0. The highest BCUT2D eigenvalue weighted by Gasteiger charge is 2.26. The zero-order valence-corrected chi connectivity index (χ0v) is 5.92. The van der Waals surface area contributed by atoms with Crippen LogP contribution in [0.2, 0.25) is 0 Å². The summed E-state index contributed by atoms with van der Waals surface area (Å²) in [5.74, 6) is -3.17. The monoisotopic (exact) mass is 144 g/mol. The van der Waals surface area contributed by atoms with Gasteiger partial charge < -0.3 is 15.3 Å². The van der Waals surface area contributed by atoms with Gasteiger partial charge in [0.25, 0.3) is 0 Å². The predicted octanol–water partition coefficient (Wildman–Crippen LogP) is -0.967. The van der Waals surface area contributed by atoms with E-state index in [9.17, 15) is 4.39 Å². The van der Waals surface area contributed by atoms with Gasteiger partial charge in [-0.1, -0.05) is 0 Å². The molecule has 3 nitrogen and oxygen atoms in total. The largest absolute Gasteiger partial charge is 0.341 e. The first-order valence-corrected chi connectivity index (χ1v) is 1.76. The van der Waals surface area contributed by atoms with Crippen LogP contribution < -0.4 is 0 Å². The van der Waals surface area contributed by atoms with E-state index < -0.39 is 12.1 Å². The second kappa shape index (κ2) is 3.30. The molecule has 2 atom stereocenters. The Hall–Kier alpha value is 0.240. The highest BCUT2D eigenvalue weighted by atomic mass is 31.0. The molecule has 0 saturated carbocycles. The minimum Gasteiger partial charge on any atom is -0.341 e. The Balaban J connectivity index is 0. The lowest BCUT2D eigenvalue weighted by molar-refractivity contribution is -0.338. The molecule has 0 radical (unpaired) electrons. The molecule has 0 heterocycles. The highest BCUT2D eigenvalue weighted by Crippen LogP contribution is 2.03. The van der Waals surface area contributed by atoms with Crippen molar-refractivity contribution >= 4 is 9.90 Å². The van der Waals surface area contributed by atoms with Gasteiger partial charge in [0.1, 0.15) is 0 Å². The van der Waals surface area contributed by atoms with Gasteiger partial charge >= 0.3 is 5.97 Å². The van der Waals surface area contributed by atoms with Crippen molar-refractivity contribution in [1.29, 1.82) is 0 Å². The van der Waals surface area contributed by atoms with Gasteiger partial charge in [-0.2, -0.15) is 9.90 Å². The Kier molecular flexibility index (Phi) is 4.58. The van der Waals surface area contributed by atoms with E-state index in [1.165, 1.54) is 0 Å². The second-order valence-electron chi connectivity index (χ2n) is 1.30. The van der Waals surface area contributed by atoms with Crippen LogP contribution in [0.1, 0.15) is 6.92 Å². The molecule has 0 rings (SSSR count). The number of alkyl halides is 1. The maximum absolute atomic E-state index is 11.5. The van der Waals surface area contributed by atoms with Gasteiger partial charge in [-0.3, -0.25) is 0 Å². The fourth-order valence-corrected chi connectivity index (χ4v) is 0. The third-order valence-electron chi connectivity index (χ3n) is 0.534. The topological polar surface area (TPSA) is 60.7 Å². The van der Waals surface area contributed by atoms with Gasteiger partial charge in [0.15, 0.2) is 6.17 Å². The minimum absolute atomic E-state index is 0. The SMILES string of the molecule is CC(F)C(O)(O)O.P. The van der Waals surface area contributed by atoms with Crippen LogP contribution in [-0.2, 0) is 0 Å². The lowest BCUT2D eigenvalue weighted by Gasteiger charge is -2.13. The first kappa shape index (κ1) is 11.1. The van der Waals surface area contributed by atoms with E-state index in [1.54, 1.807) is 0 Å². The molecule has 8 heavy (non-hydrogen) atoms. The Morgan fingerprint density at radius 1 is 1.38 bits per heavy atom. The number of hydrogen-bond acceptors (Lipinski definition) is 3. The second-order valence-corrected chi connectivity index (χ2v) is 1.30. The van der Waals surface area contributed by atoms with E-state index in [0.717, 1.165) is 6.92 Å². The van der Waals surface area contributed by atoms with E-state index in [2.05, 4.69) is 0 Å². The van der Waals surface area contributed by atoms with Crippen LogP contribution in [0.15, 0.2) is 0 Å². The van der Waals surface area contributed by atoms with E-state index >= 15 is 0 Å². The van der Waals surface area contributed by atoms with Crippen LogP contribution in [0.25, 0.3) is 0 Å². The third kappa shape index (κ3) is 4.40. The van der Waals surface area contributed by atoms with Crippen LogP contribution in [0.4, 0.5) is 4.39 Å². The van der Waals surface area contributed by atoms with Gasteiger partial charge in [0.05, 0.1) is 0 Å². The van der Waals surface area contributed by atoms with Crippen LogP contribution in [-0.4, -0.2) is 27.5 Å². The van der Waals surface area contributed by atoms with Crippen LogP contribution in [0.3, 0.4) is 0 Å². The smallest absolute Gasteiger partial charge is 0.308 e. The molecule has 52 valence electrons. The Labute approximate surface area is 49.8 Å². The van der Waals surface area contributed by atoms with Gasteiger partial charge in [-0.15, -0.1) is 0 Å². The van der Waals surface area contributed by atoms with Gasteiger partial charge in [0, 0.05) is 0 Å². The van der Waals surface area contributed by atoms with E-state index in [-0.39, 0.29) is 9.90 Å². The first-order valence-electron chi connectivity index (χ1n) is 1.76. The summed E-state index contributed by atoms with van der Waals surface area (Å²) in [5, 5.41) is 23.5. The van der Waals surface area contributed by atoms with Crippen molar-refractivity contribution in [2.45, 2.75) is 19.1 Å². The summed E-state index contributed by atoms with van der Waals surface area (Å²) in [5.41, 5.74) is 0. The number of aliphatic hydroxyl groups is 3. The average molecular weight is 144 g/mol. The molecule has 0 aromatic heterocycles. The average Bonchev–Trinajstić information content (AvgIpc) is 1.31. The van der Waals surface area contributed by atoms with Crippen molar-refractivity contribution in [1.82, 2.24) is 0 Å². The lowest BCUT2D eigenvalue weighted by atomic mass is 10.4. The predicted molar refractivity (Wildman–Crippen MR) is 31.1 cm³/mol. The molecule has 2 unspecified atom stereocenters. The number of halogens is 1. The molecule has 0 aliphatic heterocycles. The molecule has 5 heteroatoms. The van der Waals surface area contributed by atoms with Crippen molar-refractivity contribution in [2.24, 2.45) is 0 Å². The summed E-state index contributed by atoms with van der Waals surface area (Å²) in [6.45, 7) is 0.833. The standard InChI is InChI=1S/C3H7FO3.H3P/c1-2(4)3(5,6)7;/h2,5-7H,1H3;1H3. The third-order valence-corrected chi connectivity index (χ3v) is 0.534. The van der Waals surface area contributed by atoms with Crippen LogP contribution >= 0.6 is 9.90 Å². The summed E-state index contributed by atoms with van der Waals surface area (Å²) in [4.78, 5) is 0. The number of hydrogen-bond donors (Lipinski definition) is 3. The molecule has 0 aliphatic rings. The molecule has 0 saturated heterocycles. The molecule has 0 aromatic rings. The fourth-order valence-electron chi connectivity index (χ4n) is 0. The van der Waals surface area contributed by atoms with Gasteiger partial charge in [0.2, 0.25) is 0 Å². The van der Waals surface area contributed by atoms with Crippen molar-refractivity contribution < 1.29 is 19.7 Å². The van der Waals surface area contributed by atoms with Crippen molar-refractivity contribution in [3.8, 4) is 0 Å². The van der Waals surface area contributed by atoms with E-state index in [4.69, 9.17) is 15.3 Å². The molecule has 0 spiro atoms. The van der Waals surface area contributed by atoms with E-state index in [1.807, 2.05) is 0 Å². The van der Waals surface area contributed by atoms with Gasteiger partial charge in [-0.25, -0.2) is 4.39 Å². The fraction of sp³-hybridized carbons (Fsp3) is 1.00. The lowest BCUT2D eigenvalue weighted by Crippen LogP contribution is -2.36. The molecular formula is C3H10FO3P. The molecule has 0 aromatic carbocycles. The Morgan fingerprint density at radius 3 is 1.50 bits per heavy atom.